The Morgan fingerprint density at radius 3 is 2.69 bits per heavy atom. The monoisotopic (exact) mass is 382 g/mol. The van der Waals surface area contributed by atoms with E-state index in [1.165, 1.54) is 6.92 Å². The number of hydrogen-bond donors (Lipinski definition) is 2. The summed E-state index contributed by atoms with van der Waals surface area (Å²) in [6.45, 7) is 13.0. The minimum Gasteiger partial charge on any atom is -0.458 e. The van der Waals surface area contributed by atoms with E-state index in [1.54, 1.807) is 0 Å². The molecule has 0 amide bonds. The Balaban J connectivity index is 2.04. The molecule has 0 radical (unpaired) electrons. The lowest BCUT2D eigenvalue weighted by molar-refractivity contribution is -0.155. The van der Waals surface area contributed by atoms with E-state index < -0.39 is 47.7 Å². The quantitative estimate of drug-likeness (QED) is 0.332. The minimum absolute atomic E-state index is 0.182. The summed E-state index contributed by atoms with van der Waals surface area (Å²) in [5.74, 6) is -2.99. The molecule has 0 unspecified atom stereocenters. The van der Waals surface area contributed by atoms with Crippen molar-refractivity contribution >= 4 is 23.5 Å². The first kappa shape index (κ1) is 19.1. The van der Waals surface area contributed by atoms with Gasteiger partial charge in [0.05, 0.1) is 17.9 Å². The summed E-state index contributed by atoms with van der Waals surface area (Å²) in [5.41, 5.74) is -0.495. The molecule has 7 atom stereocenters. The van der Waals surface area contributed by atoms with Crippen LogP contribution < -0.4 is 0 Å². The first-order valence-corrected chi connectivity index (χ1v) is 9.05. The molecule has 0 spiro atoms. The van der Waals surface area contributed by atoms with Gasteiger partial charge in [-0.05, 0) is 19.3 Å². The topological polar surface area (TPSA) is 93.1 Å². The molecule has 0 bridgehead atoms. The molecule has 6 nitrogen and oxygen atoms in total. The zero-order chi connectivity index (χ0) is 19.4. The Morgan fingerprint density at radius 1 is 1.46 bits per heavy atom. The van der Waals surface area contributed by atoms with Gasteiger partial charge in [-0.25, -0.2) is 9.59 Å². The van der Waals surface area contributed by atoms with Crippen LogP contribution in [-0.4, -0.2) is 51.9 Å². The molecule has 142 valence electrons. The van der Waals surface area contributed by atoms with Gasteiger partial charge in [0.1, 0.15) is 17.8 Å². The van der Waals surface area contributed by atoms with Crippen molar-refractivity contribution in [2.75, 3.05) is 5.88 Å². The molecule has 26 heavy (non-hydrogen) atoms. The second-order valence-electron chi connectivity index (χ2n) is 7.52. The minimum atomic E-state index is -1.63. The normalized spacial score (nSPS) is 41.9. The maximum Gasteiger partial charge on any atom is 0.334 e. The van der Waals surface area contributed by atoms with E-state index >= 15 is 0 Å². The van der Waals surface area contributed by atoms with E-state index in [2.05, 4.69) is 19.7 Å². The van der Waals surface area contributed by atoms with Crippen LogP contribution in [0.4, 0.5) is 0 Å². The smallest absolute Gasteiger partial charge is 0.334 e. The Morgan fingerprint density at radius 2 is 2.12 bits per heavy atom. The number of carbonyl (C=O) groups is 2. The van der Waals surface area contributed by atoms with Crippen molar-refractivity contribution in [1.29, 1.82) is 0 Å². The van der Waals surface area contributed by atoms with Crippen LogP contribution in [0.15, 0.2) is 36.5 Å². The molecule has 1 aliphatic heterocycles. The van der Waals surface area contributed by atoms with Crippen LogP contribution in [0, 0.1) is 17.8 Å². The summed E-state index contributed by atoms with van der Waals surface area (Å²) < 4.78 is 11.1. The first-order chi connectivity index (χ1) is 12.1. The average molecular weight is 383 g/mol. The van der Waals surface area contributed by atoms with Gasteiger partial charge in [0.15, 0.2) is 0 Å². The van der Waals surface area contributed by atoms with Gasteiger partial charge in [-0.15, -0.1) is 11.6 Å². The van der Waals surface area contributed by atoms with Gasteiger partial charge in [0.25, 0.3) is 0 Å². The maximum absolute atomic E-state index is 12.2. The van der Waals surface area contributed by atoms with Crippen molar-refractivity contribution in [1.82, 2.24) is 0 Å². The fraction of sp³-hybridized carbons (Fsp3) is 0.579. The van der Waals surface area contributed by atoms with E-state index in [-0.39, 0.29) is 35.8 Å². The van der Waals surface area contributed by atoms with Crippen molar-refractivity contribution in [2.45, 2.75) is 43.7 Å². The predicted octanol–water partition coefficient (Wildman–Crippen LogP) is 1.50. The molecule has 1 heterocycles. The number of aliphatic hydroxyl groups is 2. The lowest BCUT2D eigenvalue weighted by Gasteiger charge is -2.37. The van der Waals surface area contributed by atoms with E-state index in [1.807, 2.05) is 0 Å². The van der Waals surface area contributed by atoms with Gasteiger partial charge >= 0.3 is 11.9 Å². The summed E-state index contributed by atoms with van der Waals surface area (Å²) in [6, 6.07) is 0. The highest BCUT2D eigenvalue weighted by atomic mass is 35.5. The van der Waals surface area contributed by atoms with E-state index in [0.717, 1.165) is 0 Å². The molecule has 7 heteroatoms. The molecular weight excluding hydrogens is 360 g/mol. The Bertz CT molecular complexity index is 700. The average Bonchev–Trinajstić information content (AvgIpc) is 2.97. The third-order valence-corrected chi connectivity index (χ3v) is 6.32. The molecule has 2 saturated carbocycles. The number of aliphatic hydroxyl groups excluding tert-OH is 1. The van der Waals surface area contributed by atoms with Crippen molar-refractivity contribution in [3.05, 3.63) is 36.5 Å². The number of ether oxygens (including phenoxy) is 2. The molecule has 0 aromatic heterocycles. The highest BCUT2D eigenvalue weighted by Gasteiger charge is 2.64. The lowest BCUT2D eigenvalue weighted by Crippen LogP contribution is -2.52. The molecule has 3 aliphatic rings. The first-order valence-electron chi connectivity index (χ1n) is 8.52. The van der Waals surface area contributed by atoms with Crippen molar-refractivity contribution in [2.24, 2.45) is 17.8 Å². The Labute approximate surface area is 157 Å². The summed E-state index contributed by atoms with van der Waals surface area (Å²) in [4.78, 5) is 24.3. The summed E-state index contributed by atoms with van der Waals surface area (Å²) >= 11 is 5.99. The van der Waals surface area contributed by atoms with Gasteiger partial charge in [-0.1, -0.05) is 25.3 Å². The number of fused-ring (bicyclic) bond motifs is 3. The lowest BCUT2D eigenvalue weighted by atomic mass is 9.76. The summed E-state index contributed by atoms with van der Waals surface area (Å²) in [5, 5.41) is 21.4. The van der Waals surface area contributed by atoms with Gasteiger partial charge in [-0.3, -0.25) is 0 Å². The van der Waals surface area contributed by atoms with Crippen molar-refractivity contribution in [3.8, 4) is 0 Å². The zero-order valence-electron chi connectivity index (χ0n) is 14.6. The predicted molar refractivity (Wildman–Crippen MR) is 94.2 cm³/mol. The molecule has 1 saturated heterocycles. The number of hydrogen-bond acceptors (Lipinski definition) is 6. The second kappa shape index (κ2) is 6.51. The largest absolute Gasteiger partial charge is 0.458 e. The van der Waals surface area contributed by atoms with Crippen LogP contribution >= 0.6 is 11.6 Å². The summed E-state index contributed by atoms with van der Waals surface area (Å²) in [6.07, 6.45) is -2.04. The third kappa shape index (κ3) is 2.71. The Hall–Kier alpha value is -1.63. The number of esters is 2. The van der Waals surface area contributed by atoms with Crippen molar-refractivity contribution < 1.29 is 29.3 Å². The second-order valence-corrected chi connectivity index (χ2v) is 7.78. The Kier molecular flexibility index (Phi) is 4.80. The van der Waals surface area contributed by atoms with Gasteiger partial charge in [0.2, 0.25) is 0 Å². The maximum atomic E-state index is 12.2. The number of halogens is 1. The number of carbonyl (C=O) groups excluding carboxylic acids is 2. The van der Waals surface area contributed by atoms with Crippen LogP contribution in [0.5, 0.6) is 0 Å². The molecule has 0 aromatic rings. The standard InChI is InChI=1S/C19H23ClO6/c1-8(2)17(22)25-12-5-9(3)11-6-13(21)19(24,7-20)15(11)16-14(12)10(4)18(23)26-16/h11-16,21,24H,1,3-7H2,2H3/t11-,12-,13-,14+,15-,16-,19+/m0/s1. The fourth-order valence-corrected chi connectivity index (χ4v) is 4.86. The summed E-state index contributed by atoms with van der Waals surface area (Å²) in [7, 11) is 0. The highest BCUT2D eigenvalue weighted by Crippen LogP contribution is 2.55. The van der Waals surface area contributed by atoms with E-state index in [4.69, 9.17) is 21.1 Å². The van der Waals surface area contributed by atoms with Crippen LogP contribution in [0.1, 0.15) is 19.8 Å². The van der Waals surface area contributed by atoms with Crippen LogP contribution in [0.3, 0.4) is 0 Å². The van der Waals surface area contributed by atoms with Gasteiger partial charge in [-0.2, -0.15) is 0 Å². The van der Waals surface area contributed by atoms with Crippen molar-refractivity contribution in [3.63, 3.8) is 0 Å². The van der Waals surface area contributed by atoms with E-state index in [0.29, 0.717) is 5.57 Å². The number of alkyl halides is 1. The molecule has 2 aliphatic carbocycles. The SMILES string of the molecule is C=C(C)C(=O)O[C@H]1CC(=C)[C@@H]2C[C@H](O)[C@](O)(CCl)[C@@H]2[C@H]2OC(=O)C(=C)[C@@H]21. The number of rotatable bonds is 3. The van der Waals surface area contributed by atoms with Crippen LogP contribution in [-0.2, 0) is 19.1 Å². The molecule has 3 rings (SSSR count). The van der Waals surface area contributed by atoms with E-state index in [9.17, 15) is 19.8 Å². The molecule has 0 aromatic carbocycles. The van der Waals surface area contributed by atoms with Crippen LogP contribution in [0.25, 0.3) is 0 Å². The molecule has 3 fully saturated rings. The van der Waals surface area contributed by atoms with Gasteiger partial charge < -0.3 is 19.7 Å². The molecule has 2 N–H and O–H groups in total. The third-order valence-electron chi connectivity index (χ3n) is 5.89. The zero-order valence-corrected chi connectivity index (χ0v) is 15.4. The van der Waals surface area contributed by atoms with Gasteiger partial charge in [0, 0.05) is 23.5 Å². The highest BCUT2D eigenvalue weighted by molar-refractivity contribution is 6.18. The fourth-order valence-electron chi connectivity index (χ4n) is 4.50. The molecular formula is C19H23ClO6. The van der Waals surface area contributed by atoms with Crippen LogP contribution in [0.2, 0.25) is 0 Å².